The van der Waals surface area contributed by atoms with E-state index in [0.717, 1.165) is 25.7 Å². The van der Waals surface area contributed by atoms with E-state index in [4.69, 9.17) is 9.84 Å². The first-order valence-corrected chi connectivity index (χ1v) is 9.17. The van der Waals surface area contributed by atoms with Gasteiger partial charge < -0.3 is 15.2 Å². The number of aliphatic carboxylic acids is 1. The average molecular weight is 351 g/mol. The third kappa shape index (κ3) is 4.74. The molecule has 0 spiro atoms. The van der Waals surface area contributed by atoms with Gasteiger partial charge in [-0.1, -0.05) is 31.4 Å². The van der Waals surface area contributed by atoms with E-state index in [1.54, 1.807) is 32.2 Å². The molecule has 1 amide bonds. The number of hydrogen-bond donors (Lipinski definition) is 2. The second-order valence-corrected chi connectivity index (χ2v) is 7.61. The summed E-state index contributed by atoms with van der Waals surface area (Å²) in [5, 5.41) is 11.4. The lowest BCUT2D eigenvalue weighted by Gasteiger charge is -2.36. The average Bonchev–Trinajstić information content (AvgIpc) is 2.61. The third-order valence-electron chi connectivity index (χ3n) is 4.55. The number of benzene rings is 1. The number of rotatable bonds is 7. The molecule has 0 radical (unpaired) electrons. The Kier molecular flexibility index (Phi) is 6.69. The van der Waals surface area contributed by atoms with E-state index < -0.39 is 11.2 Å². The molecule has 1 atom stereocenters. The molecule has 1 saturated carbocycles. The summed E-state index contributed by atoms with van der Waals surface area (Å²) in [5.41, 5.74) is 0.238. The van der Waals surface area contributed by atoms with Gasteiger partial charge in [-0.25, -0.2) is 0 Å². The van der Waals surface area contributed by atoms with E-state index in [9.17, 15) is 9.59 Å². The second kappa shape index (κ2) is 8.53. The Morgan fingerprint density at radius 3 is 2.58 bits per heavy atom. The van der Waals surface area contributed by atoms with Crippen LogP contribution >= 0.6 is 11.8 Å². The molecule has 2 N–H and O–H groups in total. The van der Waals surface area contributed by atoms with Gasteiger partial charge in [-0.2, -0.15) is 0 Å². The topological polar surface area (TPSA) is 75.6 Å². The molecule has 24 heavy (non-hydrogen) atoms. The van der Waals surface area contributed by atoms with E-state index in [2.05, 4.69) is 5.32 Å². The Bertz CT molecular complexity index is 584. The number of carboxylic acids is 1. The predicted octanol–water partition coefficient (Wildman–Crippen LogP) is 3.33. The summed E-state index contributed by atoms with van der Waals surface area (Å²) in [5.74, 6) is -1.08. The zero-order valence-electron chi connectivity index (χ0n) is 14.2. The molecule has 6 heteroatoms. The van der Waals surface area contributed by atoms with Crippen molar-refractivity contribution in [2.45, 2.75) is 54.8 Å². The minimum atomic E-state index is -0.893. The number of ether oxygens (including phenoxy) is 1. The summed E-state index contributed by atoms with van der Waals surface area (Å²) in [6.07, 6.45) is 5.36. The molecule has 132 valence electrons. The van der Waals surface area contributed by atoms with E-state index in [0.29, 0.717) is 17.0 Å². The van der Waals surface area contributed by atoms with Crippen LogP contribution in [0.25, 0.3) is 0 Å². The number of methoxy groups -OCH3 is 1. The molecule has 5 nitrogen and oxygen atoms in total. The fourth-order valence-corrected chi connectivity index (χ4v) is 3.91. The van der Waals surface area contributed by atoms with Crippen molar-refractivity contribution in [3.63, 3.8) is 0 Å². The maximum Gasteiger partial charge on any atom is 0.316 e. The monoisotopic (exact) mass is 351 g/mol. The third-order valence-corrected chi connectivity index (χ3v) is 5.72. The highest BCUT2D eigenvalue weighted by molar-refractivity contribution is 8.00. The van der Waals surface area contributed by atoms with Crippen LogP contribution in [0.4, 0.5) is 0 Å². The van der Waals surface area contributed by atoms with Crippen LogP contribution in [-0.2, 0) is 9.53 Å². The van der Waals surface area contributed by atoms with Gasteiger partial charge in [-0.05, 0) is 31.9 Å². The molecule has 1 aromatic carbocycles. The Balaban J connectivity index is 2.05. The lowest BCUT2D eigenvalue weighted by molar-refractivity contribution is -0.136. The standard InChI is InChI=1S/C18H25NO4S/c1-13(17(21)22)24-15-9-5-4-8-14(15)16(20)19-12-18(23-2)10-6-3-7-11-18/h4-5,8-9,13H,3,6-7,10-12H2,1-2H3,(H,19,20)(H,21,22). The van der Waals surface area contributed by atoms with Crippen molar-refractivity contribution in [3.8, 4) is 0 Å². The maximum absolute atomic E-state index is 12.6. The summed E-state index contributed by atoms with van der Waals surface area (Å²) >= 11 is 1.18. The largest absolute Gasteiger partial charge is 0.480 e. The van der Waals surface area contributed by atoms with Crippen LogP contribution in [0.15, 0.2) is 29.2 Å². The van der Waals surface area contributed by atoms with Crippen molar-refractivity contribution in [1.82, 2.24) is 5.32 Å². The summed E-state index contributed by atoms with van der Waals surface area (Å²) in [6.45, 7) is 2.10. The van der Waals surface area contributed by atoms with E-state index in [1.807, 2.05) is 6.07 Å². The molecule has 0 saturated heterocycles. The van der Waals surface area contributed by atoms with Gasteiger partial charge in [-0.15, -0.1) is 11.8 Å². The highest BCUT2D eigenvalue weighted by Crippen LogP contribution is 2.31. The lowest BCUT2D eigenvalue weighted by atomic mass is 9.84. The van der Waals surface area contributed by atoms with Crippen LogP contribution in [0.1, 0.15) is 49.4 Å². The molecule has 1 aliphatic rings. The van der Waals surface area contributed by atoms with E-state index >= 15 is 0 Å². The lowest BCUT2D eigenvalue weighted by Crippen LogP contribution is -2.45. The van der Waals surface area contributed by atoms with Gasteiger partial charge >= 0.3 is 5.97 Å². The number of carboxylic acid groups (broad SMARTS) is 1. The van der Waals surface area contributed by atoms with Crippen molar-refractivity contribution in [2.24, 2.45) is 0 Å². The highest BCUT2D eigenvalue weighted by atomic mass is 32.2. The molecule has 1 unspecified atom stereocenters. The summed E-state index contributed by atoms with van der Waals surface area (Å²) in [6, 6.07) is 7.11. The van der Waals surface area contributed by atoms with Gasteiger partial charge in [0, 0.05) is 18.6 Å². The normalized spacial score (nSPS) is 17.9. The second-order valence-electron chi connectivity index (χ2n) is 6.22. The Morgan fingerprint density at radius 1 is 1.29 bits per heavy atom. The minimum absolute atomic E-state index is 0.183. The number of amides is 1. The predicted molar refractivity (Wildman–Crippen MR) is 94.6 cm³/mol. The zero-order valence-corrected chi connectivity index (χ0v) is 15.0. The van der Waals surface area contributed by atoms with Gasteiger partial charge in [0.1, 0.15) is 5.25 Å². The van der Waals surface area contributed by atoms with Crippen LogP contribution in [0.3, 0.4) is 0 Å². The van der Waals surface area contributed by atoms with Gasteiger partial charge in [-0.3, -0.25) is 9.59 Å². The number of carbonyl (C=O) groups excluding carboxylic acids is 1. The van der Waals surface area contributed by atoms with E-state index in [1.165, 1.54) is 18.2 Å². The van der Waals surface area contributed by atoms with E-state index in [-0.39, 0.29) is 11.5 Å². The first-order chi connectivity index (χ1) is 11.5. The fourth-order valence-electron chi connectivity index (χ4n) is 2.98. The molecule has 1 fully saturated rings. The maximum atomic E-state index is 12.6. The number of carbonyl (C=O) groups is 2. The van der Waals surface area contributed by atoms with Gasteiger partial charge in [0.15, 0.2) is 0 Å². The molecular weight excluding hydrogens is 326 g/mol. The van der Waals surface area contributed by atoms with Gasteiger partial charge in [0.25, 0.3) is 5.91 Å². The smallest absolute Gasteiger partial charge is 0.316 e. The molecule has 1 aliphatic carbocycles. The summed E-state index contributed by atoms with van der Waals surface area (Å²) in [4.78, 5) is 24.3. The fraction of sp³-hybridized carbons (Fsp3) is 0.556. The van der Waals surface area contributed by atoms with Crippen LogP contribution in [0.2, 0.25) is 0 Å². The first-order valence-electron chi connectivity index (χ1n) is 8.29. The quantitative estimate of drug-likeness (QED) is 0.737. The molecule has 0 heterocycles. The first kappa shape index (κ1) is 18.8. The number of thioether (sulfide) groups is 1. The SMILES string of the molecule is COC1(CNC(=O)c2ccccc2SC(C)C(=O)O)CCCCC1. The van der Waals surface area contributed by atoms with Crippen LogP contribution in [0, 0.1) is 0 Å². The zero-order chi connectivity index (χ0) is 17.6. The molecule has 0 aromatic heterocycles. The van der Waals surface area contributed by atoms with Crippen molar-refractivity contribution in [1.29, 1.82) is 0 Å². The molecule has 0 bridgehead atoms. The summed E-state index contributed by atoms with van der Waals surface area (Å²) < 4.78 is 5.69. The highest BCUT2D eigenvalue weighted by Gasteiger charge is 2.32. The molecule has 0 aliphatic heterocycles. The molecular formula is C18H25NO4S. The summed E-state index contributed by atoms with van der Waals surface area (Å²) in [7, 11) is 1.70. The molecule has 1 aromatic rings. The van der Waals surface area contributed by atoms with Crippen LogP contribution in [0.5, 0.6) is 0 Å². The molecule has 2 rings (SSSR count). The van der Waals surface area contributed by atoms with Crippen LogP contribution in [-0.4, -0.2) is 41.5 Å². The minimum Gasteiger partial charge on any atom is -0.480 e. The van der Waals surface area contributed by atoms with Crippen molar-refractivity contribution in [2.75, 3.05) is 13.7 Å². The Labute approximate surface area is 147 Å². The van der Waals surface area contributed by atoms with Crippen LogP contribution < -0.4 is 5.32 Å². The number of hydrogen-bond acceptors (Lipinski definition) is 4. The van der Waals surface area contributed by atoms with Gasteiger partial charge in [0.2, 0.25) is 0 Å². The number of nitrogens with one attached hydrogen (secondary N) is 1. The van der Waals surface area contributed by atoms with Gasteiger partial charge in [0.05, 0.1) is 11.2 Å². The Morgan fingerprint density at radius 2 is 1.96 bits per heavy atom. The van der Waals surface area contributed by atoms with Crippen molar-refractivity contribution in [3.05, 3.63) is 29.8 Å². The van der Waals surface area contributed by atoms with Crippen molar-refractivity contribution >= 4 is 23.6 Å². The van der Waals surface area contributed by atoms with Crippen molar-refractivity contribution < 1.29 is 19.4 Å². The Hall–Kier alpha value is -1.53.